The summed E-state index contributed by atoms with van der Waals surface area (Å²) >= 11 is 7.99. The van der Waals surface area contributed by atoms with Gasteiger partial charge >= 0.3 is 0 Å². The second-order valence-corrected chi connectivity index (χ2v) is 6.88. The molecule has 126 valence electrons. The van der Waals surface area contributed by atoms with E-state index in [-0.39, 0.29) is 5.91 Å². The number of benzene rings is 1. The molecule has 2 heterocycles. The summed E-state index contributed by atoms with van der Waals surface area (Å²) in [6, 6.07) is 7.59. The summed E-state index contributed by atoms with van der Waals surface area (Å²) in [5.74, 6) is -0.167. The van der Waals surface area contributed by atoms with Crippen LogP contribution in [0.2, 0.25) is 5.02 Å². The molecule has 0 unspecified atom stereocenters. The lowest BCUT2D eigenvalue weighted by Crippen LogP contribution is -2.37. The molecular weight excluding hydrogens is 344 g/mol. The molecule has 2 aromatic rings. The molecule has 3 rings (SSSR count). The van der Waals surface area contributed by atoms with E-state index >= 15 is 0 Å². The Hall–Kier alpha value is -1.82. The standard InChI is InChI=1S/C18H19ClN2O2S/c1-13-7-12-24-16(13)5-6-17(22)20-15-4-2-3-14(19)18(15)21-8-10-23-11-9-21/h2-7,12H,8-11H2,1H3,(H,20,22)/b6-5+. The molecule has 24 heavy (non-hydrogen) atoms. The van der Waals surface area contributed by atoms with Gasteiger partial charge in [-0.15, -0.1) is 11.3 Å². The first-order valence-electron chi connectivity index (χ1n) is 7.79. The fourth-order valence-corrected chi connectivity index (χ4v) is 3.72. The van der Waals surface area contributed by atoms with Crippen LogP contribution in [0.1, 0.15) is 10.4 Å². The number of nitrogens with zero attached hydrogens (tertiary/aromatic N) is 1. The number of anilines is 2. The molecule has 1 saturated heterocycles. The van der Waals surface area contributed by atoms with Crippen molar-refractivity contribution < 1.29 is 9.53 Å². The van der Waals surface area contributed by atoms with Crippen molar-refractivity contribution in [1.29, 1.82) is 0 Å². The molecule has 4 nitrogen and oxygen atoms in total. The van der Waals surface area contributed by atoms with Gasteiger partial charge in [-0.2, -0.15) is 0 Å². The molecule has 0 bridgehead atoms. The Balaban J connectivity index is 1.77. The molecule has 1 aliphatic heterocycles. The fourth-order valence-electron chi connectivity index (χ4n) is 2.61. The van der Waals surface area contributed by atoms with Gasteiger partial charge in [0.2, 0.25) is 5.91 Å². The summed E-state index contributed by atoms with van der Waals surface area (Å²) in [5.41, 5.74) is 2.75. The zero-order valence-electron chi connectivity index (χ0n) is 13.4. The van der Waals surface area contributed by atoms with Gasteiger partial charge in [0.05, 0.1) is 29.6 Å². The number of ether oxygens (including phenoxy) is 1. The van der Waals surface area contributed by atoms with Gasteiger partial charge in [0, 0.05) is 24.0 Å². The van der Waals surface area contributed by atoms with Crippen LogP contribution in [0.3, 0.4) is 0 Å². The third kappa shape index (κ3) is 3.98. The van der Waals surface area contributed by atoms with Crippen LogP contribution >= 0.6 is 22.9 Å². The SMILES string of the molecule is Cc1ccsc1/C=C/C(=O)Nc1cccc(Cl)c1N1CCOCC1. The van der Waals surface area contributed by atoms with E-state index in [0.717, 1.165) is 29.3 Å². The van der Waals surface area contributed by atoms with E-state index in [9.17, 15) is 4.79 Å². The van der Waals surface area contributed by atoms with Gasteiger partial charge < -0.3 is 15.0 Å². The summed E-state index contributed by atoms with van der Waals surface area (Å²) in [5, 5.41) is 5.59. The molecule has 1 aliphatic rings. The van der Waals surface area contributed by atoms with Gasteiger partial charge in [0.15, 0.2) is 0 Å². The number of carbonyl (C=O) groups is 1. The Morgan fingerprint density at radius 1 is 1.33 bits per heavy atom. The van der Waals surface area contributed by atoms with Crippen molar-refractivity contribution in [2.75, 3.05) is 36.5 Å². The number of para-hydroxylation sites is 1. The lowest BCUT2D eigenvalue weighted by molar-refractivity contribution is -0.111. The molecular formula is C18H19ClN2O2S. The number of amides is 1. The van der Waals surface area contributed by atoms with Crippen molar-refractivity contribution in [2.45, 2.75) is 6.92 Å². The summed E-state index contributed by atoms with van der Waals surface area (Å²) in [6.07, 6.45) is 3.40. The van der Waals surface area contributed by atoms with E-state index in [1.807, 2.05) is 42.6 Å². The molecule has 0 aliphatic carbocycles. The van der Waals surface area contributed by atoms with Gasteiger partial charge in [-0.3, -0.25) is 4.79 Å². The highest BCUT2D eigenvalue weighted by Gasteiger charge is 2.18. The van der Waals surface area contributed by atoms with Gasteiger partial charge in [-0.05, 0) is 42.1 Å². The summed E-state index contributed by atoms with van der Waals surface area (Å²) in [6.45, 7) is 4.88. The van der Waals surface area contributed by atoms with Crippen molar-refractivity contribution in [3.05, 3.63) is 51.2 Å². The summed E-state index contributed by atoms with van der Waals surface area (Å²) in [7, 11) is 0. The maximum atomic E-state index is 12.3. The monoisotopic (exact) mass is 362 g/mol. The van der Waals surface area contributed by atoms with Crippen LogP contribution in [-0.2, 0) is 9.53 Å². The molecule has 0 spiro atoms. The quantitative estimate of drug-likeness (QED) is 0.829. The average molecular weight is 363 g/mol. The van der Waals surface area contributed by atoms with Crippen molar-refractivity contribution in [3.8, 4) is 0 Å². The van der Waals surface area contributed by atoms with Gasteiger partial charge in [0.25, 0.3) is 0 Å². The molecule has 1 N–H and O–H groups in total. The number of carbonyl (C=O) groups excluding carboxylic acids is 1. The second-order valence-electron chi connectivity index (χ2n) is 5.53. The van der Waals surface area contributed by atoms with E-state index < -0.39 is 0 Å². The topological polar surface area (TPSA) is 41.6 Å². The number of thiophene rings is 1. The third-order valence-corrected chi connectivity index (χ3v) is 5.15. The van der Waals surface area contributed by atoms with Crippen molar-refractivity contribution in [3.63, 3.8) is 0 Å². The van der Waals surface area contributed by atoms with Crippen LogP contribution in [0.5, 0.6) is 0 Å². The Kier molecular flexibility index (Phi) is 5.56. The molecule has 1 aromatic carbocycles. The molecule has 1 fully saturated rings. The van der Waals surface area contributed by atoms with Crippen molar-refractivity contribution in [2.24, 2.45) is 0 Å². The fraction of sp³-hybridized carbons (Fsp3) is 0.278. The first-order valence-corrected chi connectivity index (χ1v) is 9.05. The van der Waals surface area contributed by atoms with Gasteiger partial charge in [-0.25, -0.2) is 0 Å². The van der Waals surface area contributed by atoms with Crippen LogP contribution in [0, 0.1) is 6.92 Å². The lowest BCUT2D eigenvalue weighted by atomic mass is 10.2. The zero-order valence-corrected chi connectivity index (χ0v) is 15.0. The smallest absolute Gasteiger partial charge is 0.248 e. The van der Waals surface area contributed by atoms with E-state index in [1.165, 1.54) is 5.56 Å². The number of hydrogen-bond acceptors (Lipinski definition) is 4. The predicted octanol–water partition coefficient (Wildman–Crippen LogP) is 4.20. The number of morpholine rings is 1. The highest BCUT2D eigenvalue weighted by Crippen LogP contribution is 2.34. The Labute approximate surface area is 150 Å². The van der Waals surface area contributed by atoms with Crippen LogP contribution in [0.15, 0.2) is 35.7 Å². The minimum atomic E-state index is -0.167. The highest BCUT2D eigenvalue weighted by atomic mass is 35.5. The number of nitrogens with one attached hydrogen (secondary N) is 1. The molecule has 6 heteroatoms. The third-order valence-electron chi connectivity index (χ3n) is 3.86. The molecule has 0 atom stereocenters. The Bertz CT molecular complexity index is 751. The molecule has 0 radical (unpaired) electrons. The van der Waals surface area contributed by atoms with E-state index in [4.69, 9.17) is 16.3 Å². The predicted molar refractivity (Wildman–Crippen MR) is 101 cm³/mol. The van der Waals surface area contributed by atoms with Crippen LogP contribution < -0.4 is 10.2 Å². The average Bonchev–Trinajstić information content (AvgIpc) is 2.99. The minimum Gasteiger partial charge on any atom is -0.378 e. The van der Waals surface area contributed by atoms with Crippen LogP contribution in [-0.4, -0.2) is 32.2 Å². The summed E-state index contributed by atoms with van der Waals surface area (Å²) < 4.78 is 5.39. The highest BCUT2D eigenvalue weighted by molar-refractivity contribution is 7.11. The van der Waals surface area contributed by atoms with Crippen molar-refractivity contribution >= 4 is 46.3 Å². The Morgan fingerprint density at radius 3 is 2.83 bits per heavy atom. The number of aryl methyl sites for hydroxylation is 1. The van der Waals surface area contributed by atoms with E-state index in [0.29, 0.717) is 18.2 Å². The first-order chi connectivity index (χ1) is 11.6. The number of hydrogen-bond donors (Lipinski definition) is 1. The lowest BCUT2D eigenvalue weighted by Gasteiger charge is -2.31. The zero-order chi connectivity index (χ0) is 16.9. The molecule has 1 amide bonds. The maximum absolute atomic E-state index is 12.3. The van der Waals surface area contributed by atoms with Crippen LogP contribution in [0.4, 0.5) is 11.4 Å². The second kappa shape index (κ2) is 7.83. The van der Waals surface area contributed by atoms with Crippen LogP contribution in [0.25, 0.3) is 6.08 Å². The largest absolute Gasteiger partial charge is 0.378 e. The van der Waals surface area contributed by atoms with Gasteiger partial charge in [0.1, 0.15) is 0 Å². The maximum Gasteiger partial charge on any atom is 0.248 e. The normalized spacial score (nSPS) is 15.0. The number of rotatable bonds is 4. The Morgan fingerprint density at radius 2 is 2.12 bits per heavy atom. The number of halogens is 1. The minimum absolute atomic E-state index is 0.167. The molecule has 0 saturated carbocycles. The summed E-state index contributed by atoms with van der Waals surface area (Å²) in [4.78, 5) is 15.5. The molecule has 1 aromatic heterocycles. The van der Waals surface area contributed by atoms with Gasteiger partial charge in [-0.1, -0.05) is 17.7 Å². The van der Waals surface area contributed by atoms with E-state index in [1.54, 1.807) is 17.4 Å². The first kappa shape index (κ1) is 17.0. The van der Waals surface area contributed by atoms with E-state index in [2.05, 4.69) is 10.2 Å². The van der Waals surface area contributed by atoms with Crippen molar-refractivity contribution in [1.82, 2.24) is 0 Å².